The zero-order chi connectivity index (χ0) is 19.3. The van der Waals surface area contributed by atoms with E-state index in [2.05, 4.69) is 17.0 Å². The normalized spacial score (nSPS) is 14.9. The largest absolute Gasteiger partial charge is 0.457 e. The van der Waals surface area contributed by atoms with Gasteiger partial charge in [-0.3, -0.25) is 10.1 Å². The van der Waals surface area contributed by atoms with Crippen LogP contribution in [0.15, 0.2) is 60.7 Å². The molecule has 0 N–H and O–H groups in total. The van der Waals surface area contributed by atoms with Crippen LogP contribution in [0.25, 0.3) is 10.8 Å². The first-order valence-corrected chi connectivity index (χ1v) is 9.86. The highest BCUT2D eigenvalue weighted by Crippen LogP contribution is 2.35. The van der Waals surface area contributed by atoms with E-state index in [9.17, 15) is 10.1 Å². The van der Waals surface area contributed by atoms with E-state index in [0.29, 0.717) is 11.1 Å². The number of hydrogen-bond donors (Lipinski definition) is 0. The zero-order valence-electron chi connectivity index (χ0n) is 15.8. The van der Waals surface area contributed by atoms with E-state index >= 15 is 0 Å². The summed E-state index contributed by atoms with van der Waals surface area (Å²) >= 11 is 0. The van der Waals surface area contributed by atoms with Crippen LogP contribution in [0, 0.1) is 10.1 Å². The molecule has 3 aromatic carbocycles. The minimum atomic E-state index is -0.358. The Morgan fingerprint density at radius 3 is 2.32 bits per heavy atom. The molecule has 1 fully saturated rings. The number of fused-ring (bicyclic) bond motifs is 1. The number of ether oxygens (including phenoxy) is 1. The van der Waals surface area contributed by atoms with Crippen molar-refractivity contribution >= 4 is 16.5 Å². The highest BCUT2D eigenvalue weighted by atomic mass is 16.6. The highest BCUT2D eigenvalue weighted by Gasteiger charge is 2.15. The summed E-state index contributed by atoms with van der Waals surface area (Å²) in [6.45, 7) is 3.54. The Balaban J connectivity index is 1.47. The van der Waals surface area contributed by atoms with Crippen molar-refractivity contribution in [3.63, 3.8) is 0 Å². The Bertz CT molecular complexity index is 963. The molecule has 0 radical (unpaired) electrons. The van der Waals surface area contributed by atoms with Crippen molar-refractivity contribution in [2.75, 3.05) is 19.6 Å². The van der Waals surface area contributed by atoms with E-state index in [0.717, 1.165) is 24.1 Å². The molecule has 1 aliphatic rings. The van der Waals surface area contributed by atoms with Crippen molar-refractivity contribution in [3.05, 3.63) is 76.3 Å². The number of nitro benzene ring substituents is 1. The molecular weight excluding hydrogens is 352 g/mol. The van der Waals surface area contributed by atoms with Gasteiger partial charge in [-0.2, -0.15) is 0 Å². The predicted octanol–water partition coefficient (Wildman–Crippen LogP) is 5.57. The second kappa shape index (κ2) is 8.40. The molecule has 3 aromatic rings. The van der Waals surface area contributed by atoms with Crippen LogP contribution in [0.5, 0.6) is 11.5 Å². The summed E-state index contributed by atoms with van der Waals surface area (Å²) in [4.78, 5) is 13.4. The number of likely N-dealkylation sites (tertiary alicyclic amines) is 1. The van der Waals surface area contributed by atoms with Crippen molar-refractivity contribution < 1.29 is 9.66 Å². The van der Waals surface area contributed by atoms with E-state index in [4.69, 9.17) is 4.74 Å². The molecule has 1 heterocycles. The number of non-ortho nitro benzene ring substituents is 1. The van der Waals surface area contributed by atoms with E-state index in [1.165, 1.54) is 44.0 Å². The maximum absolute atomic E-state index is 11.3. The van der Waals surface area contributed by atoms with Crippen LogP contribution in [0.4, 0.5) is 5.69 Å². The average Bonchev–Trinajstić information content (AvgIpc) is 2.74. The Hall–Kier alpha value is -2.92. The first-order valence-electron chi connectivity index (χ1n) is 9.86. The van der Waals surface area contributed by atoms with Gasteiger partial charge in [-0.1, -0.05) is 36.8 Å². The minimum Gasteiger partial charge on any atom is -0.457 e. The van der Waals surface area contributed by atoms with Crippen LogP contribution in [0.1, 0.15) is 24.8 Å². The standard InChI is InChI=1S/C23H24N2O3/c26-25(27)22-12-13-23(21-7-3-2-6-20(21)22)28-19-10-8-18(9-11-19)14-17-24-15-4-1-5-16-24/h2-3,6-13H,1,4-5,14-17H2. The minimum absolute atomic E-state index is 0.0935. The van der Waals surface area contributed by atoms with Crippen LogP contribution in [-0.4, -0.2) is 29.5 Å². The maximum atomic E-state index is 11.3. The topological polar surface area (TPSA) is 55.6 Å². The fourth-order valence-electron chi connectivity index (χ4n) is 3.83. The summed E-state index contributed by atoms with van der Waals surface area (Å²) in [6.07, 6.45) is 5.03. The Labute approximate surface area is 164 Å². The van der Waals surface area contributed by atoms with Gasteiger partial charge in [0.05, 0.1) is 10.3 Å². The molecule has 1 saturated heterocycles. The van der Waals surface area contributed by atoms with Crippen LogP contribution in [-0.2, 0) is 6.42 Å². The highest BCUT2D eigenvalue weighted by molar-refractivity contribution is 5.95. The zero-order valence-corrected chi connectivity index (χ0v) is 15.8. The predicted molar refractivity (Wildman–Crippen MR) is 111 cm³/mol. The first kappa shape index (κ1) is 18.4. The molecule has 0 aromatic heterocycles. The molecule has 0 bridgehead atoms. The molecule has 0 unspecified atom stereocenters. The van der Waals surface area contributed by atoms with Gasteiger partial charge in [-0.15, -0.1) is 0 Å². The van der Waals surface area contributed by atoms with Crippen LogP contribution >= 0.6 is 0 Å². The molecule has 144 valence electrons. The van der Waals surface area contributed by atoms with Gasteiger partial charge in [0.15, 0.2) is 0 Å². The summed E-state index contributed by atoms with van der Waals surface area (Å²) in [5, 5.41) is 12.6. The van der Waals surface area contributed by atoms with Gasteiger partial charge in [0.2, 0.25) is 0 Å². The number of rotatable bonds is 6. The van der Waals surface area contributed by atoms with E-state index in [-0.39, 0.29) is 10.6 Å². The third-order valence-corrected chi connectivity index (χ3v) is 5.37. The van der Waals surface area contributed by atoms with Gasteiger partial charge < -0.3 is 9.64 Å². The summed E-state index contributed by atoms with van der Waals surface area (Å²) < 4.78 is 6.04. The first-order chi connectivity index (χ1) is 13.7. The number of piperidine rings is 1. The van der Waals surface area contributed by atoms with Crippen LogP contribution in [0.2, 0.25) is 0 Å². The SMILES string of the molecule is O=[N+]([O-])c1ccc(Oc2ccc(CCN3CCCCC3)cc2)c2ccccc12. The molecule has 0 aliphatic carbocycles. The summed E-state index contributed by atoms with van der Waals surface area (Å²) in [5.41, 5.74) is 1.39. The second-order valence-electron chi connectivity index (χ2n) is 7.28. The lowest BCUT2D eigenvalue weighted by Crippen LogP contribution is -2.31. The molecular formula is C23H24N2O3. The molecule has 5 nitrogen and oxygen atoms in total. The summed E-state index contributed by atoms with van der Waals surface area (Å²) in [7, 11) is 0. The third-order valence-electron chi connectivity index (χ3n) is 5.37. The lowest BCUT2D eigenvalue weighted by atomic mass is 10.1. The Morgan fingerprint density at radius 1 is 0.893 bits per heavy atom. The van der Waals surface area contributed by atoms with E-state index < -0.39 is 0 Å². The summed E-state index contributed by atoms with van der Waals surface area (Å²) in [5.74, 6) is 1.36. The van der Waals surface area contributed by atoms with Crippen molar-refractivity contribution in [3.8, 4) is 11.5 Å². The van der Waals surface area contributed by atoms with Gasteiger partial charge in [-0.25, -0.2) is 0 Å². The third kappa shape index (κ3) is 4.15. The van der Waals surface area contributed by atoms with Crippen molar-refractivity contribution in [1.82, 2.24) is 4.90 Å². The molecule has 1 aliphatic heterocycles. The summed E-state index contributed by atoms with van der Waals surface area (Å²) in [6, 6.07) is 18.6. The number of nitro groups is 1. The van der Waals surface area contributed by atoms with Crippen molar-refractivity contribution in [2.45, 2.75) is 25.7 Å². The molecule has 5 heteroatoms. The Kier molecular flexibility index (Phi) is 5.53. The van der Waals surface area contributed by atoms with Gasteiger partial charge in [0.25, 0.3) is 5.69 Å². The molecule has 0 spiro atoms. The molecule has 0 amide bonds. The number of nitrogens with zero attached hydrogens (tertiary/aromatic N) is 2. The van der Waals surface area contributed by atoms with Crippen LogP contribution < -0.4 is 4.74 Å². The van der Waals surface area contributed by atoms with Crippen LogP contribution in [0.3, 0.4) is 0 Å². The monoisotopic (exact) mass is 376 g/mol. The molecule has 0 atom stereocenters. The van der Waals surface area contributed by atoms with Crippen molar-refractivity contribution in [1.29, 1.82) is 0 Å². The maximum Gasteiger partial charge on any atom is 0.277 e. The lowest BCUT2D eigenvalue weighted by molar-refractivity contribution is -0.383. The second-order valence-corrected chi connectivity index (χ2v) is 7.28. The fraction of sp³-hybridized carbons (Fsp3) is 0.304. The molecule has 28 heavy (non-hydrogen) atoms. The molecule has 0 saturated carbocycles. The molecule has 4 rings (SSSR count). The van der Waals surface area contributed by atoms with E-state index in [1.807, 2.05) is 24.3 Å². The van der Waals surface area contributed by atoms with Gasteiger partial charge in [0.1, 0.15) is 11.5 Å². The Morgan fingerprint density at radius 2 is 1.61 bits per heavy atom. The van der Waals surface area contributed by atoms with Crippen molar-refractivity contribution in [2.24, 2.45) is 0 Å². The lowest BCUT2D eigenvalue weighted by Gasteiger charge is -2.26. The van der Waals surface area contributed by atoms with Gasteiger partial charge >= 0.3 is 0 Å². The number of benzene rings is 3. The quantitative estimate of drug-likeness (QED) is 0.417. The van der Waals surface area contributed by atoms with Gasteiger partial charge in [-0.05, 0) is 62.2 Å². The smallest absolute Gasteiger partial charge is 0.277 e. The number of hydrogen-bond acceptors (Lipinski definition) is 4. The average molecular weight is 376 g/mol. The van der Waals surface area contributed by atoms with Gasteiger partial charge in [0, 0.05) is 18.0 Å². The van der Waals surface area contributed by atoms with E-state index in [1.54, 1.807) is 18.2 Å². The fourth-order valence-corrected chi connectivity index (χ4v) is 3.83.